The summed E-state index contributed by atoms with van der Waals surface area (Å²) in [4.78, 5) is 12.0. The van der Waals surface area contributed by atoms with E-state index in [9.17, 15) is 4.79 Å². The molecule has 0 aliphatic heterocycles. The Balaban J connectivity index is 2.78. The quantitative estimate of drug-likeness (QED) is 0.813. The number of aryl methyl sites for hydroxylation is 1. The third kappa shape index (κ3) is 4.21. The van der Waals surface area contributed by atoms with Crippen LogP contribution < -0.4 is 5.32 Å². The van der Waals surface area contributed by atoms with Crippen LogP contribution in [0.2, 0.25) is 5.02 Å². The molecule has 17 heavy (non-hydrogen) atoms. The van der Waals surface area contributed by atoms with Crippen molar-refractivity contribution in [1.82, 2.24) is 5.32 Å². The van der Waals surface area contributed by atoms with Gasteiger partial charge in [0, 0.05) is 22.5 Å². The molecule has 1 atom stereocenters. The second kappa shape index (κ2) is 6.87. The Morgan fingerprint density at radius 2 is 2.18 bits per heavy atom. The summed E-state index contributed by atoms with van der Waals surface area (Å²) in [6, 6.07) is 5.45. The molecule has 0 aliphatic rings. The van der Waals surface area contributed by atoms with Crippen LogP contribution in [0.4, 0.5) is 0 Å². The van der Waals surface area contributed by atoms with E-state index in [1.54, 1.807) is 12.1 Å². The number of carbonyl (C=O) groups excluding carboxylic acids is 1. The third-order valence-corrected chi connectivity index (χ3v) is 3.18. The number of nitrogens with one attached hydrogen (secondary N) is 1. The number of hydrogen-bond acceptors (Lipinski definition) is 1. The Kier molecular flexibility index (Phi) is 5.79. The van der Waals surface area contributed by atoms with Crippen molar-refractivity contribution >= 4 is 29.1 Å². The summed E-state index contributed by atoms with van der Waals surface area (Å²) in [5.74, 6) is 0.467. The largest absolute Gasteiger partial charge is 0.349 e. The fourth-order valence-electron chi connectivity index (χ4n) is 1.61. The minimum absolute atomic E-state index is 0.0815. The lowest BCUT2D eigenvalue weighted by Gasteiger charge is -2.16. The molecule has 0 saturated heterocycles. The minimum atomic E-state index is -0.0815. The average Bonchev–Trinajstić information content (AvgIpc) is 2.31. The van der Waals surface area contributed by atoms with E-state index in [1.807, 2.05) is 19.9 Å². The molecule has 1 rings (SSSR count). The normalized spacial score (nSPS) is 12.2. The van der Waals surface area contributed by atoms with Gasteiger partial charge in [-0.2, -0.15) is 0 Å². The third-order valence-electron chi connectivity index (χ3n) is 2.73. The summed E-state index contributed by atoms with van der Waals surface area (Å²) in [5, 5.41) is 3.55. The monoisotopic (exact) mass is 273 g/mol. The van der Waals surface area contributed by atoms with Crippen molar-refractivity contribution in [2.45, 2.75) is 32.7 Å². The summed E-state index contributed by atoms with van der Waals surface area (Å²) in [5.41, 5.74) is 1.55. The molecule has 0 bridgehead atoms. The smallest absolute Gasteiger partial charge is 0.251 e. The number of halogens is 2. The van der Waals surface area contributed by atoms with E-state index in [4.69, 9.17) is 23.2 Å². The Labute approximate surface area is 112 Å². The standard InChI is InChI=1S/C13H17Cl2NO/c1-3-11(6-7-14)16-13(17)12-8-10(15)5-4-9(12)2/h4-5,8,11H,3,6-7H2,1-2H3,(H,16,17). The van der Waals surface area contributed by atoms with Crippen molar-refractivity contribution in [3.63, 3.8) is 0 Å². The summed E-state index contributed by atoms with van der Waals surface area (Å²) < 4.78 is 0. The Bertz CT molecular complexity index is 393. The maximum atomic E-state index is 12.0. The van der Waals surface area contributed by atoms with Gasteiger partial charge >= 0.3 is 0 Å². The van der Waals surface area contributed by atoms with Crippen molar-refractivity contribution in [1.29, 1.82) is 0 Å². The molecule has 0 fully saturated rings. The van der Waals surface area contributed by atoms with E-state index >= 15 is 0 Å². The van der Waals surface area contributed by atoms with Crippen molar-refractivity contribution in [3.8, 4) is 0 Å². The first-order valence-corrected chi connectivity index (χ1v) is 6.62. The average molecular weight is 274 g/mol. The molecule has 94 valence electrons. The Morgan fingerprint density at radius 3 is 2.76 bits per heavy atom. The summed E-state index contributed by atoms with van der Waals surface area (Å²) in [6.45, 7) is 3.93. The van der Waals surface area contributed by atoms with Gasteiger partial charge in [-0.05, 0) is 37.5 Å². The molecular weight excluding hydrogens is 257 g/mol. The van der Waals surface area contributed by atoms with E-state index < -0.39 is 0 Å². The van der Waals surface area contributed by atoms with Crippen LogP contribution in [0.3, 0.4) is 0 Å². The predicted molar refractivity (Wildman–Crippen MR) is 73.1 cm³/mol. The molecule has 0 saturated carbocycles. The van der Waals surface area contributed by atoms with Crippen LogP contribution in [-0.4, -0.2) is 17.8 Å². The fraction of sp³-hybridized carbons (Fsp3) is 0.462. The summed E-state index contributed by atoms with van der Waals surface area (Å²) in [7, 11) is 0. The van der Waals surface area contributed by atoms with E-state index in [2.05, 4.69) is 5.32 Å². The molecule has 0 aromatic heterocycles. The highest BCUT2D eigenvalue weighted by molar-refractivity contribution is 6.31. The van der Waals surface area contributed by atoms with Crippen LogP contribution in [0.25, 0.3) is 0 Å². The molecule has 0 spiro atoms. The molecule has 0 aliphatic carbocycles. The van der Waals surface area contributed by atoms with Crippen LogP contribution in [0.15, 0.2) is 18.2 Å². The molecule has 0 heterocycles. The lowest BCUT2D eigenvalue weighted by molar-refractivity contribution is 0.0934. The van der Waals surface area contributed by atoms with Gasteiger partial charge in [-0.1, -0.05) is 24.6 Å². The SMILES string of the molecule is CCC(CCCl)NC(=O)c1cc(Cl)ccc1C. The van der Waals surface area contributed by atoms with Crippen LogP contribution >= 0.6 is 23.2 Å². The highest BCUT2D eigenvalue weighted by Gasteiger charge is 2.13. The van der Waals surface area contributed by atoms with Gasteiger partial charge in [-0.25, -0.2) is 0 Å². The maximum absolute atomic E-state index is 12.0. The number of hydrogen-bond donors (Lipinski definition) is 1. The molecule has 1 aromatic carbocycles. The second-order valence-corrected chi connectivity index (χ2v) is 4.83. The first-order chi connectivity index (χ1) is 8.08. The van der Waals surface area contributed by atoms with Crippen LogP contribution in [0.5, 0.6) is 0 Å². The first kappa shape index (κ1) is 14.3. The van der Waals surface area contributed by atoms with Gasteiger partial charge in [0.1, 0.15) is 0 Å². The Morgan fingerprint density at radius 1 is 1.47 bits per heavy atom. The highest BCUT2D eigenvalue weighted by Crippen LogP contribution is 2.15. The van der Waals surface area contributed by atoms with Gasteiger partial charge in [0.05, 0.1) is 0 Å². The molecule has 1 unspecified atom stereocenters. The van der Waals surface area contributed by atoms with Gasteiger partial charge < -0.3 is 5.32 Å². The van der Waals surface area contributed by atoms with Gasteiger partial charge in [0.15, 0.2) is 0 Å². The maximum Gasteiger partial charge on any atom is 0.251 e. The van der Waals surface area contributed by atoms with Crippen molar-refractivity contribution < 1.29 is 4.79 Å². The predicted octanol–water partition coefficient (Wildman–Crippen LogP) is 3.79. The van der Waals surface area contributed by atoms with E-state index in [0.717, 1.165) is 18.4 Å². The minimum Gasteiger partial charge on any atom is -0.349 e. The van der Waals surface area contributed by atoms with E-state index in [1.165, 1.54) is 0 Å². The zero-order chi connectivity index (χ0) is 12.8. The van der Waals surface area contributed by atoms with Gasteiger partial charge in [-0.15, -0.1) is 11.6 Å². The number of amides is 1. The lowest BCUT2D eigenvalue weighted by atomic mass is 10.1. The molecule has 1 N–H and O–H groups in total. The van der Waals surface area contributed by atoms with E-state index in [-0.39, 0.29) is 11.9 Å². The second-order valence-electron chi connectivity index (χ2n) is 4.02. The van der Waals surface area contributed by atoms with Crippen molar-refractivity contribution in [3.05, 3.63) is 34.3 Å². The summed E-state index contributed by atoms with van der Waals surface area (Å²) in [6.07, 6.45) is 1.65. The van der Waals surface area contributed by atoms with Gasteiger partial charge in [0.2, 0.25) is 0 Å². The first-order valence-electron chi connectivity index (χ1n) is 5.71. The van der Waals surface area contributed by atoms with Crippen molar-refractivity contribution in [2.24, 2.45) is 0 Å². The molecule has 2 nitrogen and oxygen atoms in total. The van der Waals surface area contributed by atoms with Crippen LogP contribution in [0, 0.1) is 6.92 Å². The zero-order valence-corrected chi connectivity index (χ0v) is 11.6. The zero-order valence-electron chi connectivity index (χ0n) is 10.1. The Hall–Kier alpha value is -0.730. The molecule has 0 radical (unpaired) electrons. The topological polar surface area (TPSA) is 29.1 Å². The number of benzene rings is 1. The van der Waals surface area contributed by atoms with Crippen molar-refractivity contribution in [2.75, 3.05) is 5.88 Å². The molecule has 4 heteroatoms. The number of carbonyl (C=O) groups is 1. The fourth-order valence-corrected chi connectivity index (χ4v) is 2.05. The lowest BCUT2D eigenvalue weighted by Crippen LogP contribution is -2.35. The summed E-state index contributed by atoms with van der Waals surface area (Å²) >= 11 is 11.6. The van der Waals surface area contributed by atoms with Gasteiger partial charge in [0.25, 0.3) is 5.91 Å². The number of rotatable bonds is 5. The molecular formula is C13H17Cl2NO. The van der Waals surface area contributed by atoms with Crippen LogP contribution in [0.1, 0.15) is 35.7 Å². The van der Waals surface area contributed by atoms with Gasteiger partial charge in [-0.3, -0.25) is 4.79 Å². The highest BCUT2D eigenvalue weighted by atomic mass is 35.5. The molecule has 1 aromatic rings. The number of alkyl halides is 1. The van der Waals surface area contributed by atoms with E-state index in [0.29, 0.717) is 16.5 Å². The molecule has 1 amide bonds. The van der Waals surface area contributed by atoms with Crippen LogP contribution in [-0.2, 0) is 0 Å².